The molecular formula is C16H34N2S. The molecule has 0 aromatic carbocycles. The Morgan fingerprint density at radius 3 is 2.53 bits per heavy atom. The lowest BCUT2D eigenvalue weighted by atomic mass is 9.84. The summed E-state index contributed by atoms with van der Waals surface area (Å²) < 4.78 is 0. The summed E-state index contributed by atoms with van der Waals surface area (Å²) in [6.07, 6.45) is 2.58. The number of piperazine rings is 1. The zero-order valence-corrected chi connectivity index (χ0v) is 14.6. The van der Waals surface area contributed by atoms with E-state index < -0.39 is 0 Å². The minimum absolute atomic E-state index is 0.356. The fraction of sp³-hybridized carbons (Fsp3) is 1.00. The van der Waals surface area contributed by atoms with Crippen molar-refractivity contribution in [3.05, 3.63) is 0 Å². The van der Waals surface area contributed by atoms with Crippen LogP contribution in [0, 0.1) is 5.41 Å². The van der Waals surface area contributed by atoms with Crippen molar-refractivity contribution in [1.29, 1.82) is 0 Å². The predicted octanol–water partition coefficient (Wildman–Crippen LogP) is 3.62. The van der Waals surface area contributed by atoms with Gasteiger partial charge in [0.15, 0.2) is 0 Å². The van der Waals surface area contributed by atoms with Gasteiger partial charge in [0.2, 0.25) is 0 Å². The lowest BCUT2D eigenvalue weighted by Crippen LogP contribution is -2.62. The van der Waals surface area contributed by atoms with Crippen LogP contribution in [0.15, 0.2) is 0 Å². The van der Waals surface area contributed by atoms with Gasteiger partial charge in [-0.15, -0.1) is 0 Å². The molecule has 1 aliphatic heterocycles. The highest BCUT2D eigenvalue weighted by Gasteiger charge is 2.35. The van der Waals surface area contributed by atoms with Crippen LogP contribution >= 0.6 is 11.8 Å². The molecule has 1 saturated heterocycles. The average Bonchev–Trinajstić information content (AvgIpc) is 2.37. The third kappa shape index (κ3) is 5.28. The lowest BCUT2D eigenvalue weighted by molar-refractivity contribution is 0.0526. The summed E-state index contributed by atoms with van der Waals surface area (Å²) in [7, 11) is 0. The van der Waals surface area contributed by atoms with Crippen molar-refractivity contribution in [2.24, 2.45) is 5.41 Å². The van der Waals surface area contributed by atoms with E-state index in [4.69, 9.17) is 0 Å². The Bertz CT molecular complexity index is 250. The first kappa shape index (κ1) is 17.3. The van der Waals surface area contributed by atoms with Crippen molar-refractivity contribution >= 4 is 11.8 Å². The van der Waals surface area contributed by atoms with E-state index in [0.717, 1.165) is 18.6 Å². The Morgan fingerprint density at radius 2 is 2.00 bits per heavy atom. The first-order valence-electron chi connectivity index (χ1n) is 7.97. The zero-order valence-electron chi connectivity index (χ0n) is 13.8. The smallest absolute Gasteiger partial charge is 0.0244 e. The molecular weight excluding hydrogens is 252 g/mol. The van der Waals surface area contributed by atoms with Crippen molar-refractivity contribution < 1.29 is 0 Å². The van der Waals surface area contributed by atoms with Crippen molar-refractivity contribution in [1.82, 2.24) is 10.2 Å². The van der Waals surface area contributed by atoms with Crippen molar-refractivity contribution in [2.45, 2.75) is 72.5 Å². The number of hydrogen-bond donors (Lipinski definition) is 1. The maximum Gasteiger partial charge on any atom is 0.0244 e. The van der Waals surface area contributed by atoms with Crippen LogP contribution < -0.4 is 5.32 Å². The second-order valence-electron chi connectivity index (χ2n) is 6.92. The van der Waals surface area contributed by atoms with E-state index in [9.17, 15) is 0 Å². The second-order valence-corrected chi connectivity index (χ2v) is 8.31. The highest BCUT2D eigenvalue weighted by molar-refractivity contribution is 7.99. The maximum absolute atomic E-state index is 3.77. The standard InChI is InChI=1S/C16H34N2S/c1-7-14-11-17-15(16(4,5)6)12-18(14)13(3)9-10-19-8-2/h13-15,17H,7-12H2,1-6H3. The molecule has 19 heavy (non-hydrogen) atoms. The summed E-state index contributed by atoms with van der Waals surface area (Å²) in [6, 6.07) is 2.06. The molecule has 0 spiro atoms. The van der Waals surface area contributed by atoms with Gasteiger partial charge >= 0.3 is 0 Å². The Balaban J connectivity index is 2.58. The van der Waals surface area contributed by atoms with Gasteiger partial charge in [-0.1, -0.05) is 34.6 Å². The minimum Gasteiger partial charge on any atom is -0.311 e. The van der Waals surface area contributed by atoms with E-state index >= 15 is 0 Å². The van der Waals surface area contributed by atoms with E-state index in [1.54, 1.807) is 0 Å². The van der Waals surface area contributed by atoms with Crippen molar-refractivity contribution in [3.8, 4) is 0 Å². The molecule has 0 radical (unpaired) electrons. The number of hydrogen-bond acceptors (Lipinski definition) is 3. The first-order valence-corrected chi connectivity index (χ1v) is 9.12. The van der Waals surface area contributed by atoms with Crippen LogP contribution in [-0.4, -0.2) is 47.6 Å². The molecule has 1 rings (SSSR count). The summed E-state index contributed by atoms with van der Waals surface area (Å²) >= 11 is 2.07. The fourth-order valence-corrected chi connectivity index (χ4v) is 3.68. The van der Waals surface area contributed by atoms with Gasteiger partial charge in [-0.2, -0.15) is 11.8 Å². The monoisotopic (exact) mass is 286 g/mol. The Kier molecular flexibility index (Phi) is 7.20. The summed E-state index contributed by atoms with van der Waals surface area (Å²) in [5.41, 5.74) is 0.356. The molecule has 1 N–H and O–H groups in total. The molecule has 3 unspecified atom stereocenters. The summed E-state index contributed by atoms with van der Waals surface area (Å²) in [5, 5.41) is 3.77. The van der Waals surface area contributed by atoms with Gasteiger partial charge in [-0.25, -0.2) is 0 Å². The summed E-state index contributed by atoms with van der Waals surface area (Å²) in [6.45, 7) is 16.4. The van der Waals surface area contributed by atoms with E-state index in [-0.39, 0.29) is 0 Å². The molecule has 0 aromatic rings. The van der Waals surface area contributed by atoms with E-state index in [1.807, 2.05) is 0 Å². The Hall–Kier alpha value is 0.270. The van der Waals surface area contributed by atoms with Crippen LogP contribution in [0.25, 0.3) is 0 Å². The van der Waals surface area contributed by atoms with E-state index in [1.165, 1.54) is 30.9 Å². The van der Waals surface area contributed by atoms with Gasteiger partial charge in [0.25, 0.3) is 0 Å². The molecule has 114 valence electrons. The van der Waals surface area contributed by atoms with Crippen LogP contribution in [-0.2, 0) is 0 Å². The molecule has 2 nitrogen and oxygen atoms in total. The van der Waals surface area contributed by atoms with Crippen LogP contribution in [0.2, 0.25) is 0 Å². The highest BCUT2D eigenvalue weighted by atomic mass is 32.2. The van der Waals surface area contributed by atoms with Crippen molar-refractivity contribution in [3.63, 3.8) is 0 Å². The molecule has 0 bridgehead atoms. The van der Waals surface area contributed by atoms with Gasteiger partial charge in [-0.3, -0.25) is 4.90 Å². The van der Waals surface area contributed by atoms with Crippen molar-refractivity contribution in [2.75, 3.05) is 24.6 Å². The first-order chi connectivity index (χ1) is 8.90. The molecule has 1 heterocycles. The molecule has 3 atom stereocenters. The lowest BCUT2D eigenvalue weighted by Gasteiger charge is -2.47. The van der Waals surface area contributed by atoms with Gasteiger partial charge in [0.1, 0.15) is 0 Å². The fourth-order valence-electron chi connectivity index (χ4n) is 2.88. The maximum atomic E-state index is 3.77. The third-order valence-corrected chi connectivity index (χ3v) is 5.36. The molecule has 0 amide bonds. The molecule has 1 aliphatic rings. The van der Waals surface area contributed by atoms with Crippen LogP contribution in [0.3, 0.4) is 0 Å². The largest absolute Gasteiger partial charge is 0.311 e. The zero-order chi connectivity index (χ0) is 14.5. The Morgan fingerprint density at radius 1 is 1.32 bits per heavy atom. The average molecular weight is 287 g/mol. The SMILES string of the molecule is CCSCCC(C)N1CC(C(C)(C)C)NCC1CC. The predicted molar refractivity (Wildman–Crippen MR) is 89.1 cm³/mol. The van der Waals surface area contributed by atoms with E-state index in [2.05, 4.69) is 63.5 Å². The van der Waals surface area contributed by atoms with Gasteiger partial charge in [-0.05, 0) is 36.7 Å². The number of nitrogens with one attached hydrogen (secondary N) is 1. The molecule has 0 aromatic heterocycles. The quantitative estimate of drug-likeness (QED) is 0.751. The molecule has 0 saturated carbocycles. The number of rotatable bonds is 6. The summed E-state index contributed by atoms with van der Waals surface area (Å²) in [4.78, 5) is 2.77. The van der Waals surface area contributed by atoms with Gasteiger partial charge in [0.05, 0.1) is 0 Å². The topological polar surface area (TPSA) is 15.3 Å². The van der Waals surface area contributed by atoms with E-state index in [0.29, 0.717) is 11.5 Å². The molecule has 0 aliphatic carbocycles. The van der Waals surface area contributed by atoms with Crippen LogP contribution in [0.1, 0.15) is 54.4 Å². The van der Waals surface area contributed by atoms with Crippen LogP contribution in [0.4, 0.5) is 0 Å². The molecule has 3 heteroatoms. The minimum atomic E-state index is 0.356. The number of nitrogens with zero attached hydrogens (tertiary/aromatic N) is 1. The third-order valence-electron chi connectivity index (χ3n) is 4.43. The van der Waals surface area contributed by atoms with Crippen LogP contribution in [0.5, 0.6) is 0 Å². The second kappa shape index (κ2) is 7.90. The van der Waals surface area contributed by atoms with Gasteiger partial charge in [0, 0.05) is 31.2 Å². The number of thioether (sulfide) groups is 1. The van der Waals surface area contributed by atoms with Gasteiger partial charge < -0.3 is 5.32 Å². The normalized spacial score (nSPS) is 27.5. The Labute approximate surface area is 125 Å². The summed E-state index contributed by atoms with van der Waals surface area (Å²) in [5.74, 6) is 2.55. The molecule has 1 fully saturated rings. The highest BCUT2D eigenvalue weighted by Crippen LogP contribution is 2.26.